The predicted octanol–water partition coefficient (Wildman–Crippen LogP) is 3.75. The Morgan fingerprint density at radius 3 is 2.14 bits per heavy atom. The zero-order valence-corrected chi connectivity index (χ0v) is 11.7. The number of rotatable bonds is 1. The molecular formula is C11H11Cl2Zr. The van der Waals surface area contributed by atoms with Gasteiger partial charge in [0.05, 0.1) is 0 Å². The van der Waals surface area contributed by atoms with Gasteiger partial charge in [-0.1, -0.05) is 0 Å². The van der Waals surface area contributed by atoms with Crippen LogP contribution in [0.25, 0.3) is 5.57 Å². The molecule has 0 fully saturated rings. The molecule has 2 rings (SSSR count). The van der Waals surface area contributed by atoms with Gasteiger partial charge in [0.1, 0.15) is 0 Å². The quantitative estimate of drug-likeness (QED) is 0.741. The van der Waals surface area contributed by atoms with Gasteiger partial charge in [-0.3, -0.25) is 0 Å². The summed E-state index contributed by atoms with van der Waals surface area (Å²) in [6.45, 7) is 0. The molecule has 73 valence electrons. The second kappa shape index (κ2) is 6.61. The number of benzene rings is 1. The summed E-state index contributed by atoms with van der Waals surface area (Å²) in [5, 5.41) is 0. The van der Waals surface area contributed by atoms with Gasteiger partial charge < -0.3 is 0 Å². The molecule has 0 aromatic heterocycles. The van der Waals surface area contributed by atoms with Crippen LogP contribution in [0.1, 0.15) is 12.0 Å². The van der Waals surface area contributed by atoms with E-state index in [1.807, 2.05) is 0 Å². The molecular weight excluding hydrogens is 294 g/mol. The normalized spacial score (nSPS) is 13.4. The summed E-state index contributed by atoms with van der Waals surface area (Å²) in [6, 6.07) is 10.6. The first-order valence-electron chi connectivity index (χ1n) is 4.04. The van der Waals surface area contributed by atoms with E-state index in [2.05, 4.69) is 42.5 Å². The fraction of sp³-hybridized carbons (Fsp3) is 0.0909. The molecule has 3 heteroatoms. The fourth-order valence-corrected chi connectivity index (χ4v) is 2.24. The molecule has 0 nitrogen and oxygen atoms in total. The Bertz CT molecular complexity index is 342. The summed E-state index contributed by atoms with van der Waals surface area (Å²) in [7, 11) is 0. The van der Waals surface area contributed by atoms with Crippen molar-refractivity contribution in [2.45, 2.75) is 6.42 Å². The third kappa shape index (κ3) is 3.09. The minimum atomic E-state index is 0. The van der Waals surface area contributed by atoms with Crippen LogP contribution in [-0.4, -0.2) is 0 Å². The topological polar surface area (TPSA) is 0 Å². The van der Waals surface area contributed by atoms with Gasteiger partial charge in [0.15, 0.2) is 0 Å². The van der Waals surface area contributed by atoms with Gasteiger partial charge in [0.25, 0.3) is 0 Å². The first-order chi connectivity index (χ1) is 5.88. The monoisotopic (exact) mass is 303 g/mol. The number of allylic oxidation sites excluding steroid dienone is 4. The van der Waals surface area contributed by atoms with E-state index in [4.69, 9.17) is 0 Å². The summed E-state index contributed by atoms with van der Waals surface area (Å²) in [4.78, 5) is 0. The molecule has 1 aromatic carbocycles. The molecule has 14 heavy (non-hydrogen) atoms. The zero-order chi connectivity index (χ0) is 8.39. The summed E-state index contributed by atoms with van der Waals surface area (Å²) < 4.78 is 1.56. The Labute approximate surface area is 112 Å². The van der Waals surface area contributed by atoms with Gasteiger partial charge in [0, 0.05) is 0 Å². The Morgan fingerprint density at radius 1 is 1.00 bits per heavy atom. The molecule has 0 N–H and O–H groups in total. The molecule has 1 aliphatic rings. The van der Waals surface area contributed by atoms with Crippen LogP contribution in [0.5, 0.6) is 0 Å². The zero-order valence-electron chi connectivity index (χ0n) is 7.57. The molecule has 0 aliphatic heterocycles. The van der Waals surface area contributed by atoms with Crippen LogP contribution in [0.4, 0.5) is 0 Å². The van der Waals surface area contributed by atoms with E-state index < -0.39 is 0 Å². The Hall–Kier alpha value is 0.163. The van der Waals surface area contributed by atoms with E-state index in [9.17, 15) is 0 Å². The second-order valence-electron chi connectivity index (χ2n) is 2.86. The number of halogens is 2. The van der Waals surface area contributed by atoms with E-state index in [1.165, 1.54) is 11.1 Å². The van der Waals surface area contributed by atoms with Crippen LogP contribution < -0.4 is 0 Å². The van der Waals surface area contributed by atoms with Crippen LogP contribution in [0, 0.1) is 0 Å². The maximum atomic E-state index is 2.24. The Balaban J connectivity index is 0.000000845. The summed E-state index contributed by atoms with van der Waals surface area (Å²) in [6.07, 6.45) is 5.63. The van der Waals surface area contributed by atoms with Crippen molar-refractivity contribution >= 4 is 30.4 Å². The number of hydrogen-bond acceptors (Lipinski definition) is 0. The summed E-state index contributed by atoms with van der Waals surface area (Å²) in [5.74, 6) is 0. The van der Waals surface area contributed by atoms with Gasteiger partial charge in [-0.05, 0) is 0 Å². The molecule has 1 aliphatic carbocycles. The molecule has 0 saturated heterocycles. The van der Waals surface area contributed by atoms with Crippen LogP contribution in [0.2, 0.25) is 0 Å². The van der Waals surface area contributed by atoms with E-state index >= 15 is 0 Å². The average Bonchev–Trinajstić information content (AvgIpc) is 2.53. The van der Waals surface area contributed by atoms with Crippen molar-refractivity contribution < 1.29 is 24.7 Å². The molecule has 0 atom stereocenters. The van der Waals surface area contributed by atoms with Gasteiger partial charge in [0.2, 0.25) is 0 Å². The Kier molecular flexibility index (Phi) is 6.69. The standard InChI is InChI=1S/C11H9.2ClH.Zr/c1-2-6-10(7-3-1)11-8-4-5-9-11;;;/h1-4,6-8H,5H2;2*1H;. The van der Waals surface area contributed by atoms with Crippen LogP contribution in [0.15, 0.2) is 45.8 Å². The molecule has 0 saturated carbocycles. The minimum absolute atomic E-state index is 0. The van der Waals surface area contributed by atoms with Crippen LogP contribution in [0.3, 0.4) is 0 Å². The van der Waals surface area contributed by atoms with Gasteiger partial charge in [-0.2, -0.15) is 0 Å². The van der Waals surface area contributed by atoms with Crippen molar-refractivity contribution in [1.82, 2.24) is 0 Å². The van der Waals surface area contributed by atoms with E-state index in [1.54, 1.807) is 28.0 Å². The molecule has 0 amide bonds. The van der Waals surface area contributed by atoms with Gasteiger partial charge in [-0.15, -0.1) is 24.8 Å². The molecule has 0 heterocycles. The third-order valence-corrected chi connectivity index (χ3v) is 3.18. The van der Waals surface area contributed by atoms with Crippen LogP contribution >= 0.6 is 24.8 Å². The van der Waals surface area contributed by atoms with Gasteiger partial charge in [-0.25, -0.2) is 0 Å². The number of hydrogen-bond donors (Lipinski definition) is 0. The SMILES string of the molecule is Cl.Cl.[Zr][C]1=C(c2ccccc2)C=CC1. The third-order valence-electron chi connectivity index (χ3n) is 2.02. The van der Waals surface area contributed by atoms with E-state index in [0.717, 1.165) is 6.42 Å². The van der Waals surface area contributed by atoms with E-state index in [-0.39, 0.29) is 24.8 Å². The average molecular weight is 305 g/mol. The first-order valence-corrected chi connectivity index (χ1v) is 5.27. The van der Waals surface area contributed by atoms with Gasteiger partial charge >= 0.3 is 88.0 Å². The van der Waals surface area contributed by atoms with Crippen molar-refractivity contribution in [3.05, 3.63) is 51.3 Å². The maximum absolute atomic E-state index is 2.24. The Morgan fingerprint density at radius 2 is 1.64 bits per heavy atom. The summed E-state index contributed by atoms with van der Waals surface area (Å²) >= 11 is 1.54. The fourth-order valence-electron chi connectivity index (χ4n) is 1.39. The van der Waals surface area contributed by atoms with Crippen molar-refractivity contribution in [3.8, 4) is 0 Å². The summed E-state index contributed by atoms with van der Waals surface area (Å²) in [5.41, 5.74) is 2.80. The molecule has 0 bridgehead atoms. The van der Waals surface area contributed by atoms with Crippen molar-refractivity contribution in [1.29, 1.82) is 0 Å². The molecule has 1 aromatic rings. The van der Waals surface area contributed by atoms with Crippen molar-refractivity contribution in [2.75, 3.05) is 0 Å². The van der Waals surface area contributed by atoms with Crippen LogP contribution in [-0.2, 0) is 24.7 Å². The predicted molar refractivity (Wildman–Crippen MR) is 61.6 cm³/mol. The molecule has 0 unspecified atom stereocenters. The first kappa shape index (κ1) is 14.2. The van der Waals surface area contributed by atoms with Crippen molar-refractivity contribution in [3.63, 3.8) is 0 Å². The second-order valence-corrected chi connectivity index (χ2v) is 4.35. The van der Waals surface area contributed by atoms with Crippen molar-refractivity contribution in [2.24, 2.45) is 0 Å². The molecule has 0 radical (unpaired) electrons. The van der Waals surface area contributed by atoms with E-state index in [0.29, 0.717) is 0 Å². The molecule has 0 spiro atoms.